The van der Waals surface area contributed by atoms with Crippen molar-refractivity contribution >= 4 is 12.4 Å². The van der Waals surface area contributed by atoms with Crippen molar-refractivity contribution in [2.45, 2.75) is 19.4 Å². The molecule has 1 unspecified atom stereocenters. The van der Waals surface area contributed by atoms with Crippen molar-refractivity contribution in [3.8, 4) is 0 Å². The van der Waals surface area contributed by atoms with Crippen molar-refractivity contribution in [2.75, 3.05) is 19.7 Å². The molecule has 0 bridgehead atoms. The number of aromatic nitrogens is 3. The number of hydrogen-bond donors (Lipinski definition) is 0. The van der Waals surface area contributed by atoms with E-state index in [1.54, 1.807) is 22.7 Å². The lowest BCUT2D eigenvalue weighted by Gasteiger charge is -2.15. The van der Waals surface area contributed by atoms with Crippen molar-refractivity contribution in [2.24, 2.45) is 0 Å². The van der Waals surface area contributed by atoms with Gasteiger partial charge in [-0.05, 0) is 13.3 Å². The standard InChI is InChI=1S/C10H14N4O3/c1-2-17-10(16)13-4-3-9(6-13)14-5-8(7-15)11-12-14/h5,7,9H,2-4,6H2,1H3. The summed E-state index contributed by atoms with van der Waals surface area (Å²) >= 11 is 0. The Morgan fingerprint density at radius 2 is 2.53 bits per heavy atom. The highest BCUT2D eigenvalue weighted by molar-refractivity contribution is 5.70. The maximum Gasteiger partial charge on any atom is 0.409 e. The fourth-order valence-electron chi connectivity index (χ4n) is 1.86. The van der Waals surface area contributed by atoms with E-state index in [1.807, 2.05) is 0 Å². The molecule has 2 rings (SSSR count). The van der Waals surface area contributed by atoms with Gasteiger partial charge in [0.15, 0.2) is 6.29 Å². The second-order valence-corrected chi connectivity index (χ2v) is 3.83. The normalized spacial score (nSPS) is 19.4. The largest absolute Gasteiger partial charge is 0.450 e. The maximum absolute atomic E-state index is 11.5. The molecule has 1 aromatic heterocycles. The van der Waals surface area contributed by atoms with Gasteiger partial charge in [0, 0.05) is 13.1 Å². The maximum atomic E-state index is 11.5. The molecule has 1 aliphatic heterocycles. The van der Waals surface area contributed by atoms with Crippen LogP contribution < -0.4 is 0 Å². The molecule has 0 saturated carbocycles. The van der Waals surface area contributed by atoms with Crippen molar-refractivity contribution < 1.29 is 14.3 Å². The molecule has 1 amide bonds. The highest BCUT2D eigenvalue weighted by atomic mass is 16.6. The smallest absolute Gasteiger partial charge is 0.409 e. The molecular formula is C10H14N4O3. The minimum Gasteiger partial charge on any atom is -0.450 e. The van der Waals surface area contributed by atoms with Crippen LogP contribution in [0.3, 0.4) is 0 Å². The average molecular weight is 238 g/mol. The van der Waals surface area contributed by atoms with E-state index in [-0.39, 0.29) is 12.1 Å². The van der Waals surface area contributed by atoms with Gasteiger partial charge in [-0.2, -0.15) is 0 Å². The lowest BCUT2D eigenvalue weighted by molar-refractivity contribution is 0.111. The fraction of sp³-hybridized carbons (Fsp3) is 0.600. The molecular weight excluding hydrogens is 224 g/mol. The van der Waals surface area contributed by atoms with Crippen LogP contribution in [0.5, 0.6) is 0 Å². The molecule has 92 valence electrons. The zero-order valence-corrected chi connectivity index (χ0v) is 9.57. The number of amides is 1. The number of carbonyl (C=O) groups excluding carboxylic acids is 2. The predicted octanol–water partition coefficient (Wildman–Crippen LogP) is 0.494. The summed E-state index contributed by atoms with van der Waals surface area (Å²) in [6.45, 7) is 3.33. The number of rotatable bonds is 3. The lowest BCUT2D eigenvalue weighted by Crippen LogP contribution is -2.29. The summed E-state index contributed by atoms with van der Waals surface area (Å²) in [6, 6.07) is 0.0700. The van der Waals surface area contributed by atoms with E-state index >= 15 is 0 Å². The fourth-order valence-corrected chi connectivity index (χ4v) is 1.86. The Hall–Kier alpha value is -1.92. The van der Waals surface area contributed by atoms with Gasteiger partial charge in [-0.15, -0.1) is 5.10 Å². The first kappa shape index (κ1) is 11.6. The van der Waals surface area contributed by atoms with Gasteiger partial charge in [0.1, 0.15) is 5.69 Å². The van der Waals surface area contributed by atoms with Gasteiger partial charge in [-0.3, -0.25) is 4.79 Å². The zero-order chi connectivity index (χ0) is 12.3. The summed E-state index contributed by atoms with van der Waals surface area (Å²) in [4.78, 5) is 23.6. The van der Waals surface area contributed by atoms with Crippen LogP contribution in [0.15, 0.2) is 6.20 Å². The summed E-state index contributed by atoms with van der Waals surface area (Å²) in [6.07, 6.45) is 2.74. The number of aldehydes is 1. The molecule has 17 heavy (non-hydrogen) atoms. The summed E-state index contributed by atoms with van der Waals surface area (Å²) in [5.74, 6) is 0. The second kappa shape index (κ2) is 4.94. The molecule has 1 atom stereocenters. The predicted molar refractivity (Wildman–Crippen MR) is 57.7 cm³/mol. The van der Waals surface area contributed by atoms with Gasteiger partial charge >= 0.3 is 6.09 Å². The lowest BCUT2D eigenvalue weighted by atomic mass is 10.3. The molecule has 0 N–H and O–H groups in total. The SMILES string of the molecule is CCOC(=O)N1CCC(n2cc(C=O)nn2)C1. The Labute approximate surface area is 98.3 Å². The van der Waals surface area contributed by atoms with Gasteiger partial charge in [0.2, 0.25) is 0 Å². The van der Waals surface area contributed by atoms with E-state index in [0.29, 0.717) is 31.7 Å². The van der Waals surface area contributed by atoms with E-state index in [9.17, 15) is 9.59 Å². The number of likely N-dealkylation sites (tertiary alicyclic amines) is 1. The third-order valence-electron chi connectivity index (χ3n) is 2.71. The van der Waals surface area contributed by atoms with Crippen LogP contribution in [0.4, 0.5) is 4.79 Å². The third-order valence-corrected chi connectivity index (χ3v) is 2.71. The van der Waals surface area contributed by atoms with Crippen LogP contribution in [0.25, 0.3) is 0 Å². The summed E-state index contributed by atoms with van der Waals surface area (Å²) in [7, 11) is 0. The zero-order valence-electron chi connectivity index (χ0n) is 9.57. The number of hydrogen-bond acceptors (Lipinski definition) is 5. The van der Waals surface area contributed by atoms with E-state index in [4.69, 9.17) is 4.74 Å². The Bertz CT molecular complexity index is 417. The van der Waals surface area contributed by atoms with E-state index in [1.165, 1.54) is 0 Å². The molecule has 1 fully saturated rings. The van der Waals surface area contributed by atoms with Crippen LogP contribution in [0.2, 0.25) is 0 Å². The van der Waals surface area contributed by atoms with Gasteiger partial charge in [-0.25, -0.2) is 9.48 Å². The Morgan fingerprint density at radius 1 is 1.71 bits per heavy atom. The summed E-state index contributed by atoms with van der Waals surface area (Å²) in [5, 5.41) is 7.56. The van der Waals surface area contributed by atoms with Crippen molar-refractivity contribution in [1.82, 2.24) is 19.9 Å². The Kier molecular flexibility index (Phi) is 3.36. The van der Waals surface area contributed by atoms with Crippen LogP contribution in [0.1, 0.15) is 29.9 Å². The summed E-state index contributed by atoms with van der Waals surface area (Å²) in [5.41, 5.74) is 0.305. The van der Waals surface area contributed by atoms with Crippen molar-refractivity contribution in [1.29, 1.82) is 0 Å². The van der Waals surface area contributed by atoms with Crippen molar-refractivity contribution in [3.05, 3.63) is 11.9 Å². The highest BCUT2D eigenvalue weighted by Gasteiger charge is 2.28. The average Bonchev–Trinajstić information content (AvgIpc) is 2.98. The van der Waals surface area contributed by atoms with Crippen LogP contribution in [-0.4, -0.2) is 52.0 Å². The molecule has 7 nitrogen and oxygen atoms in total. The third kappa shape index (κ3) is 2.43. The van der Waals surface area contributed by atoms with Crippen molar-refractivity contribution in [3.63, 3.8) is 0 Å². The molecule has 1 aliphatic rings. The molecule has 1 aromatic rings. The quantitative estimate of drug-likeness (QED) is 0.716. The highest BCUT2D eigenvalue weighted by Crippen LogP contribution is 2.21. The van der Waals surface area contributed by atoms with E-state index in [2.05, 4.69) is 10.3 Å². The van der Waals surface area contributed by atoms with E-state index < -0.39 is 0 Å². The van der Waals surface area contributed by atoms with E-state index in [0.717, 1.165) is 6.42 Å². The minimum atomic E-state index is -0.300. The first-order valence-electron chi connectivity index (χ1n) is 5.53. The van der Waals surface area contributed by atoms with Crippen LogP contribution >= 0.6 is 0 Å². The number of carbonyl (C=O) groups is 2. The molecule has 0 aromatic carbocycles. The number of nitrogens with zero attached hydrogens (tertiary/aromatic N) is 4. The molecule has 0 radical (unpaired) electrons. The monoisotopic (exact) mass is 238 g/mol. The second-order valence-electron chi connectivity index (χ2n) is 3.83. The first-order chi connectivity index (χ1) is 8.24. The van der Waals surface area contributed by atoms with Crippen LogP contribution in [-0.2, 0) is 4.74 Å². The Morgan fingerprint density at radius 3 is 3.18 bits per heavy atom. The minimum absolute atomic E-state index is 0.0700. The molecule has 2 heterocycles. The first-order valence-corrected chi connectivity index (χ1v) is 5.53. The van der Waals surface area contributed by atoms with Gasteiger partial charge in [0.05, 0.1) is 18.8 Å². The molecule has 1 saturated heterocycles. The molecule has 0 spiro atoms. The molecule has 7 heteroatoms. The van der Waals surface area contributed by atoms with Gasteiger partial charge in [-0.1, -0.05) is 5.21 Å². The van der Waals surface area contributed by atoms with Gasteiger partial charge in [0.25, 0.3) is 0 Å². The summed E-state index contributed by atoms with van der Waals surface area (Å²) < 4.78 is 6.55. The van der Waals surface area contributed by atoms with Gasteiger partial charge < -0.3 is 9.64 Å². The topological polar surface area (TPSA) is 77.3 Å². The number of ether oxygens (including phenoxy) is 1. The Balaban J connectivity index is 1.97. The molecule has 0 aliphatic carbocycles. The van der Waals surface area contributed by atoms with Crippen LogP contribution in [0, 0.1) is 0 Å².